The summed E-state index contributed by atoms with van der Waals surface area (Å²) in [5, 5.41) is 11.8. The van der Waals surface area contributed by atoms with Gasteiger partial charge < -0.3 is 0 Å². The second-order valence-electron chi connectivity index (χ2n) is 13.8. The lowest BCUT2D eigenvalue weighted by atomic mass is 9.90. The van der Waals surface area contributed by atoms with Crippen molar-refractivity contribution >= 4 is 58.4 Å². The maximum atomic E-state index is 2.62. The van der Waals surface area contributed by atoms with Crippen molar-refractivity contribution in [2.45, 2.75) is 26.2 Å². The standard InChI is InChI=1S/C42H34Si2/c1-43(2)37-16-10-15-35-41-34-22-20-32(30-18-17-28-13-8-9-14-29(28)23-30)25-39(34)44(3,4)40(41)26-36(42(35)37)33-21-19-31(24-38(33)43)27-11-6-5-7-12-27/h5-26H,1-4H3. The zero-order valence-electron chi connectivity index (χ0n) is 25.7. The number of hydrogen-bond acceptors (Lipinski definition) is 0. The molecule has 0 aliphatic carbocycles. The first-order valence-electron chi connectivity index (χ1n) is 15.8. The van der Waals surface area contributed by atoms with Gasteiger partial charge in [-0.25, -0.2) is 0 Å². The molecule has 0 nitrogen and oxygen atoms in total. The number of benzene rings is 7. The maximum Gasteiger partial charge on any atom is 0.113 e. The molecule has 0 spiro atoms. The molecule has 0 unspecified atom stereocenters. The smallest absolute Gasteiger partial charge is 0.0622 e. The minimum atomic E-state index is -1.97. The van der Waals surface area contributed by atoms with Crippen molar-refractivity contribution in [2.24, 2.45) is 0 Å². The molecule has 9 rings (SSSR count). The molecule has 0 fully saturated rings. The van der Waals surface area contributed by atoms with Crippen LogP contribution in [-0.2, 0) is 0 Å². The lowest BCUT2D eigenvalue weighted by Gasteiger charge is -2.35. The van der Waals surface area contributed by atoms with E-state index in [4.69, 9.17) is 0 Å². The zero-order chi connectivity index (χ0) is 29.8. The molecular formula is C42H34Si2. The van der Waals surface area contributed by atoms with Crippen molar-refractivity contribution in [3.63, 3.8) is 0 Å². The highest BCUT2D eigenvalue weighted by atomic mass is 28.3. The van der Waals surface area contributed by atoms with Crippen LogP contribution in [0.1, 0.15) is 0 Å². The molecule has 0 atom stereocenters. The van der Waals surface area contributed by atoms with E-state index in [1.165, 1.54) is 66.1 Å². The van der Waals surface area contributed by atoms with E-state index in [0.717, 1.165) is 0 Å². The summed E-state index contributed by atoms with van der Waals surface area (Å²) in [6, 6.07) is 50.8. The molecule has 0 saturated heterocycles. The third kappa shape index (κ3) is 3.50. The Bertz CT molecular complexity index is 2330. The molecule has 0 bridgehead atoms. The summed E-state index contributed by atoms with van der Waals surface area (Å²) in [7, 11) is -3.92. The summed E-state index contributed by atoms with van der Waals surface area (Å²) in [5.74, 6) is 0. The molecule has 7 aromatic rings. The van der Waals surface area contributed by atoms with E-state index in [1.807, 2.05) is 0 Å². The van der Waals surface area contributed by atoms with Crippen LogP contribution in [0.2, 0.25) is 26.2 Å². The Labute approximate surface area is 261 Å². The fourth-order valence-electron chi connectivity index (χ4n) is 8.23. The van der Waals surface area contributed by atoms with Gasteiger partial charge in [-0.05, 0) is 92.9 Å². The van der Waals surface area contributed by atoms with E-state index in [0.29, 0.717) is 0 Å². The Kier molecular flexibility index (Phi) is 5.31. The van der Waals surface area contributed by atoms with Crippen molar-refractivity contribution < 1.29 is 0 Å². The van der Waals surface area contributed by atoms with Crippen LogP contribution in [0.15, 0.2) is 133 Å². The highest BCUT2D eigenvalue weighted by Crippen LogP contribution is 2.42. The van der Waals surface area contributed by atoms with Crippen molar-refractivity contribution in [1.82, 2.24) is 0 Å². The fraction of sp³-hybridized carbons (Fsp3) is 0.0952. The van der Waals surface area contributed by atoms with Crippen LogP contribution in [-0.4, -0.2) is 16.1 Å². The average molecular weight is 595 g/mol. The lowest BCUT2D eigenvalue weighted by molar-refractivity contribution is 1.60. The summed E-state index contributed by atoms with van der Waals surface area (Å²) in [4.78, 5) is 0. The van der Waals surface area contributed by atoms with Crippen LogP contribution in [0, 0.1) is 0 Å². The van der Waals surface area contributed by atoms with Gasteiger partial charge in [0.1, 0.15) is 16.1 Å². The molecule has 2 heteroatoms. The van der Waals surface area contributed by atoms with Crippen LogP contribution in [0.5, 0.6) is 0 Å². The van der Waals surface area contributed by atoms with Gasteiger partial charge in [0, 0.05) is 0 Å². The van der Waals surface area contributed by atoms with Gasteiger partial charge in [-0.3, -0.25) is 0 Å². The molecule has 210 valence electrons. The van der Waals surface area contributed by atoms with Gasteiger partial charge >= 0.3 is 0 Å². The minimum Gasteiger partial charge on any atom is -0.0622 e. The second kappa shape index (κ2) is 9.01. The second-order valence-corrected chi connectivity index (χ2v) is 22.4. The Morgan fingerprint density at radius 1 is 0.364 bits per heavy atom. The van der Waals surface area contributed by atoms with Crippen molar-refractivity contribution in [2.75, 3.05) is 0 Å². The maximum absolute atomic E-state index is 2.62. The highest BCUT2D eigenvalue weighted by Gasteiger charge is 2.42. The fourth-order valence-corrected chi connectivity index (χ4v) is 14.4. The van der Waals surface area contributed by atoms with Gasteiger partial charge in [0.25, 0.3) is 0 Å². The SMILES string of the molecule is C[Si]1(C)c2cc(-c3ccc4ccccc4c3)ccc2-c2c1cc1c3c(cccc23)[Si](C)(C)c2cc(-c3ccccc3)ccc2-1. The zero-order valence-corrected chi connectivity index (χ0v) is 27.7. The number of fused-ring (bicyclic) bond motifs is 7. The Balaban J connectivity index is 1.27. The van der Waals surface area contributed by atoms with Crippen LogP contribution < -0.4 is 20.7 Å². The molecule has 0 saturated carbocycles. The van der Waals surface area contributed by atoms with Gasteiger partial charge in [0.15, 0.2) is 0 Å². The molecule has 0 radical (unpaired) electrons. The normalized spacial score (nSPS) is 15.2. The van der Waals surface area contributed by atoms with Gasteiger partial charge in [-0.1, -0.05) is 154 Å². The first-order chi connectivity index (χ1) is 21.3. The molecule has 0 aromatic heterocycles. The third-order valence-corrected chi connectivity index (χ3v) is 17.7. The quantitative estimate of drug-likeness (QED) is 0.175. The van der Waals surface area contributed by atoms with Crippen LogP contribution in [0.3, 0.4) is 0 Å². The predicted molar refractivity (Wildman–Crippen MR) is 197 cm³/mol. The van der Waals surface area contributed by atoms with Crippen LogP contribution in [0.25, 0.3) is 66.1 Å². The molecule has 0 N–H and O–H groups in total. The number of hydrogen-bond donors (Lipinski definition) is 0. The van der Waals surface area contributed by atoms with Crippen LogP contribution in [0.4, 0.5) is 0 Å². The van der Waals surface area contributed by atoms with Crippen molar-refractivity contribution in [1.29, 1.82) is 0 Å². The van der Waals surface area contributed by atoms with Gasteiger partial charge in [-0.2, -0.15) is 0 Å². The van der Waals surface area contributed by atoms with E-state index in [2.05, 4.69) is 160 Å². The molecule has 2 aliphatic rings. The number of rotatable bonds is 2. The van der Waals surface area contributed by atoms with Gasteiger partial charge in [0.2, 0.25) is 0 Å². The predicted octanol–water partition coefficient (Wildman–Crippen LogP) is 8.93. The molecule has 2 heterocycles. The van der Waals surface area contributed by atoms with E-state index in [1.54, 1.807) is 20.7 Å². The Morgan fingerprint density at radius 2 is 0.977 bits per heavy atom. The minimum absolute atomic E-state index is 1.29. The molecule has 7 aromatic carbocycles. The summed E-state index contributed by atoms with van der Waals surface area (Å²) in [5.41, 5.74) is 11.1. The summed E-state index contributed by atoms with van der Waals surface area (Å²) < 4.78 is 0. The largest absolute Gasteiger partial charge is 0.113 e. The topological polar surface area (TPSA) is 0 Å². The van der Waals surface area contributed by atoms with E-state index in [9.17, 15) is 0 Å². The van der Waals surface area contributed by atoms with E-state index >= 15 is 0 Å². The first-order valence-corrected chi connectivity index (χ1v) is 21.8. The van der Waals surface area contributed by atoms with Crippen molar-refractivity contribution in [3.8, 4) is 44.5 Å². The summed E-state index contributed by atoms with van der Waals surface area (Å²) in [6.45, 7) is 10.2. The Hall–Kier alpha value is -4.51. The monoisotopic (exact) mass is 594 g/mol. The molecule has 44 heavy (non-hydrogen) atoms. The third-order valence-electron chi connectivity index (χ3n) is 10.6. The highest BCUT2D eigenvalue weighted by molar-refractivity contribution is 7.05. The average Bonchev–Trinajstić information content (AvgIpc) is 3.29. The van der Waals surface area contributed by atoms with Crippen LogP contribution >= 0.6 is 0 Å². The Morgan fingerprint density at radius 3 is 1.77 bits per heavy atom. The summed E-state index contributed by atoms with van der Waals surface area (Å²) >= 11 is 0. The van der Waals surface area contributed by atoms with E-state index < -0.39 is 16.1 Å². The molecule has 2 aliphatic heterocycles. The van der Waals surface area contributed by atoms with Gasteiger partial charge in [-0.15, -0.1) is 0 Å². The first kappa shape index (κ1) is 25.9. The lowest BCUT2D eigenvalue weighted by Crippen LogP contribution is -2.56. The van der Waals surface area contributed by atoms with Gasteiger partial charge in [0.05, 0.1) is 0 Å². The molecule has 0 amide bonds. The van der Waals surface area contributed by atoms with E-state index in [-0.39, 0.29) is 0 Å². The summed E-state index contributed by atoms with van der Waals surface area (Å²) in [6.07, 6.45) is 0. The molecular weight excluding hydrogens is 561 g/mol. The van der Waals surface area contributed by atoms with Crippen molar-refractivity contribution in [3.05, 3.63) is 133 Å².